The number of hydrogen-bond donors (Lipinski definition) is 1. The van der Waals surface area contributed by atoms with Crippen LogP contribution in [0.25, 0.3) is 10.9 Å². The predicted molar refractivity (Wildman–Crippen MR) is 99.5 cm³/mol. The first kappa shape index (κ1) is 16.9. The van der Waals surface area contributed by atoms with E-state index >= 15 is 0 Å². The van der Waals surface area contributed by atoms with E-state index in [-0.39, 0.29) is 5.91 Å². The molecule has 6 heteroatoms. The number of ether oxygens (including phenoxy) is 1. The maximum Gasteiger partial charge on any atom is 0.271 e. The Morgan fingerprint density at radius 1 is 1.20 bits per heavy atom. The van der Waals surface area contributed by atoms with Crippen molar-refractivity contribution >= 4 is 34.6 Å². The lowest BCUT2D eigenvalue weighted by molar-refractivity contribution is 0.0955. The molecule has 1 N–H and O–H groups in total. The summed E-state index contributed by atoms with van der Waals surface area (Å²) in [6.45, 7) is 1.96. The van der Waals surface area contributed by atoms with E-state index in [1.54, 1.807) is 25.3 Å². The van der Waals surface area contributed by atoms with Crippen molar-refractivity contribution in [3.63, 3.8) is 0 Å². The van der Waals surface area contributed by atoms with Gasteiger partial charge in [-0.3, -0.25) is 4.79 Å². The van der Waals surface area contributed by atoms with Gasteiger partial charge in [0.25, 0.3) is 5.91 Å². The molecule has 1 heterocycles. The average molecular weight is 354 g/mol. The maximum absolute atomic E-state index is 12.0. The first-order chi connectivity index (χ1) is 12.1. The summed E-state index contributed by atoms with van der Waals surface area (Å²) in [5, 5.41) is 5.17. The number of benzene rings is 2. The van der Waals surface area contributed by atoms with Crippen LogP contribution in [0.3, 0.4) is 0 Å². The molecule has 0 spiro atoms. The zero-order chi connectivity index (χ0) is 17.8. The van der Waals surface area contributed by atoms with Crippen molar-refractivity contribution in [3.05, 3.63) is 70.4 Å². The lowest BCUT2D eigenvalue weighted by Crippen LogP contribution is -2.17. The van der Waals surface area contributed by atoms with Crippen LogP contribution in [-0.2, 0) is 0 Å². The fourth-order valence-corrected chi connectivity index (χ4v) is 2.48. The molecule has 25 heavy (non-hydrogen) atoms. The van der Waals surface area contributed by atoms with E-state index in [1.807, 2.05) is 37.3 Å². The third-order valence-corrected chi connectivity index (χ3v) is 3.99. The number of pyridine rings is 1. The highest BCUT2D eigenvalue weighted by atomic mass is 35.5. The number of nitrogens with one attached hydrogen (secondary N) is 1. The SMILES string of the molecule is COc1ccc2cc(/C=N\NC(=O)c3ccc(C)cc3)c(Cl)nc2c1. The topological polar surface area (TPSA) is 63.6 Å². The molecular weight excluding hydrogens is 338 g/mol. The average Bonchev–Trinajstić information content (AvgIpc) is 2.62. The van der Waals surface area contributed by atoms with Crippen molar-refractivity contribution in [2.24, 2.45) is 5.10 Å². The van der Waals surface area contributed by atoms with Crippen LogP contribution in [-0.4, -0.2) is 24.2 Å². The fourth-order valence-electron chi connectivity index (χ4n) is 2.29. The number of amides is 1. The number of aryl methyl sites for hydroxylation is 1. The second-order valence-electron chi connectivity index (χ2n) is 5.49. The van der Waals surface area contributed by atoms with Gasteiger partial charge in [0.1, 0.15) is 10.9 Å². The monoisotopic (exact) mass is 353 g/mol. The molecule has 0 radical (unpaired) electrons. The molecule has 3 rings (SSSR count). The second-order valence-corrected chi connectivity index (χ2v) is 5.85. The number of fused-ring (bicyclic) bond motifs is 1. The molecule has 0 atom stereocenters. The van der Waals surface area contributed by atoms with Gasteiger partial charge in [-0.05, 0) is 37.3 Å². The lowest BCUT2D eigenvalue weighted by atomic mass is 10.1. The Morgan fingerprint density at radius 3 is 2.68 bits per heavy atom. The predicted octanol–water partition coefficient (Wildman–Crippen LogP) is 3.97. The standard InChI is InChI=1S/C19H16ClN3O2/c1-12-3-5-13(6-4-12)19(24)23-21-11-15-9-14-7-8-16(25-2)10-17(14)22-18(15)20/h3-11H,1-2H3,(H,23,24)/b21-11-. The summed E-state index contributed by atoms with van der Waals surface area (Å²) in [6, 6.07) is 14.6. The summed E-state index contributed by atoms with van der Waals surface area (Å²) in [5.41, 5.74) is 5.45. The third kappa shape index (κ3) is 3.95. The van der Waals surface area contributed by atoms with Gasteiger partial charge in [0.2, 0.25) is 0 Å². The van der Waals surface area contributed by atoms with Gasteiger partial charge >= 0.3 is 0 Å². The zero-order valence-corrected chi connectivity index (χ0v) is 14.5. The van der Waals surface area contributed by atoms with Crippen LogP contribution >= 0.6 is 11.6 Å². The number of methoxy groups -OCH3 is 1. The largest absolute Gasteiger partial charge is 0.497 e. The number of carbonyl (C=O) groups excluding carboxylic acids is 1. The van der Waals surface area contributed by atoms with Gasteiger partial charge < -0.3 is 4.74 Å². The van der Waals surface area contributed by atoms with E-state index in [2.05, 4.69) is 15.5 Å². The summed E-state index contributed by atoms with van der Waals surface area (Å²) >= 11 is 6.19. The number of aromatic nitrogens is 1. The third-order valence-electron chi connectivity index (χ3n) is 3.69. The molecule has 5 nitrogen and oxygen atoms in total. The van der Waals surface area contributed by atoms with E-state index in [1.165, 1.54) is 6.21 Å². The van der Waals surface area contributed by atoms with Gasteiger partial charge in [-0.15, -0.1) is 0 Å². The number of rotatable bonds is 4. The van der Waals surface area contributed by atoms with Crippen LogP contribution in [0.5, 0.6) is 5.75 Å². The molecular formula is C19H16ClN3O2. The first-order valence-electron chi connectivity index (χ1n) is 7.61. The number of hydrazone groups is 1. The van der Waals surface area contributed by atoms with E-state index in [4.69, 9.17) is 16.3 Å². The van der Waals surface area contributed by atoms with Crippen LogP contribution in [0.2, 0.25) is 5.15 Å². The summed E-state index contributed by atoms with van der Waals surface area (Å²) in [5.74, 6) is 0.425. The Balaban J connectivity index is 1.77. The maximum atomic E-state index is 12.0. The molecule has 0 aliphatic rings. The molecule has 2 aromatic carbocycles. The summed E-state index contributed by atoms with van der Waals surface area (Å²) < 4.78 is 5.18. The molecule has 0 fully saturated rings. The Morgan fingerprint density at radius 2 is 1.96 bits per heavy atom. The number of halogens is 1. The van der Waals surface area contributed by atoms with E-state index < -0.39 is 0 Å². The van der Waals surface area contributed by atoms with Crippen molar-refractivity contribution in [3.8, 4) is 5.75 Å². The second kappa shape index (κ2) is 7.32. The summed E-state index contributed by atoms with van der Waals surface area (Å²) in [6.07, 6.45) is 1.48. The number of nitrogens with zero attached hydrogens (tertiary/aromatic N) is 2. The van der Waals surface area contributed by atoms with Crippen molar-refractivity contribution in [1.82, 2.24) is 10.4 Å². The molecule has 0 unspecified atom stereocenters. The van der Waals surface area contributed by atoms with Gasteiger partial charge in [0, 0.05) is 22.6 Å². The van der Waals surface area contributed by atoms with Crippen molar-refractivity contribution in [2.45, 2.75) is 6.92 Å². The first-order valence-corrected chi connectivity index (χ1v) is 7.99. The molecule has 0 aliphatic carbocycles. The fraction of sp³-hybridized carbons (Fsp3) is 0.105. The molecule has 1 amide bonds. The molecule has 3 aromatic rings. The quantitative estimate of drug-likeness (QED) is 0.438. The van der Waals surface area contributed by atoms with Crippen molar-refractivity contribution in [1.29, 1.82) is 0 Å². The number of hydrogen-bond acceptors (Lipinski definition) is 4. The van der Waals surface area contributed by atoms with E-state index in [9.17, 15) is 4.79 Å². The van der Waals surface area contributed by atoms with Gasteiger partial charge in [-0.25, -0.2) is 10.4 Å². The van der Waals surface area contributed by atoms with Crippen LogP contribution in [0, 0.1) is 6.92 Å². The normalized spacial score (nSPS) is 11.0. The molecule has 0 saturated heterocycles. The Hall–Kier alpha value is -2.92. The zero-order valence-electron chi connectivity index (χ0n) is 13.8. The van der Waals surface area contributed by atoms with Crippen molar-refractivity contribution in [2.75, 3.05) is 7.11 Å². The minimum atomic E-state index is -0.286. The van der Waals surface area contributed by atoms with E-state index in [0.717, 1.165) is 16.5 Å². The lowest BCUT2D eigenvalue weighted by Gasteiger charge is -2.05. The van der Waals surface area contributed by atoms with Crippen molar-refractivity contribution < 1.29 is 9.53 Å². The highest BCUT2D eigenvalue weighted by Gasteiger charge is 2.06. The van der Waals surface area contributed by atoms with E-state index in [0.29, 0.717) is 22.0 Å². The summed E-state index contributed by atoms with van der Waals surface area (Å²) in [7, 11) is 1.60. The van der Waals surface area contributed by atoms with Gasteiger partial charge in [0.15, 0.2) is 0 Å². The molecule has 0 bridgehead atoms. The Labute approximate surface area is 150 Å². The minimum Gasteiger partial charge on any atom is -0.497 e. The van der Waals surface area contributed by atoms with Gasteiger partial charge in [0.05, 0.1) is 18.8 Å². The van der Waals surface area contributed by atoms with Crippen LogP contribution in [0.15, 0.2) is 53.6 Å². The molecule has 126 valence electrons. The smallest absolute Gasteiger partial charge is 0.271 e. The Bertz CT molecular complexity index is 953. The van der Waals surface area contributed by atoms with Crippen LogP contribution < -0.4 is 10.2 Å². The molecule has 0 saturated carbocycles. The molecule has 0 aliphatic heterocycles. The van der Waals surface area contributed by atoms with Gasteiger partial charge in [-0.1, -0.05) is 29.3 Å². The summed E-state index contributed by atoms with van der Waals surface area (Å²) in [4.78, 5) is 16.4. The highest BCUT2D eigenvalue weighted by molar-refractivity contribution is 6.32. The van der Waals surface area contributed by atoms with Gasteiger partial charge in [-0.2, -0.15) is 5.10 Å². The molecule has 1 aromatic heterocycles. The minimum absolute atomic E-state index is 0.286. The van der Waals surface area contributed by atoms with Crippen LogP contribution in [0.4, 0.5) is 0 Å². The highest BCUT2D eigenvalue weighted by Crippen LogP contribution is 2.23. The Kier molecular flexibility index (Phi) is 4.95. The number of carbonyl (C=O) groups is 1. The van der Waals surface area contributed by atoms with Crippen LogP contribution in [0.1, 0.15) is 21.5 Å².